The second-order valence-electron chi connectivity index (χ2n) is 9.40. The molecule has 0 spiro atoms. The highest BCUT2D eigenvalue weighted by atomic mass is 32.2. The van der Waals surface area contributed by atoms with Gasteiger partial charge in [0, 0.05) is 22.9 Å². The fraction of sp³-hybridized carbons (Fsp3) is 0.179. The molecule has 1 saturated carbocycles. The molecule has 1 aliphatic carbocycles. The Morgan fingerprint density at radius 1 is 1.05 bits per heavy atom. The molecular formula is C28H25FN4O6S. The van der Waals surface area contributed by atoms with Crippen LogP contribution < -0.4 is 14.8 Å². The summed E-state index contributed by atoms with van der Waals surface area (Å²) in [5.74, 6) is -2.42. The number of aromatic nitrogens is 2. The molecule has 3 N–H and O–H groups in total. The van der Waals surface area contributed by atoms with Crippen LogP contribution in [0.5, 0.6) is 11.6 Å². The Bertz CT molecular complexity index is 1730. The molecule has 3 aromatic carbocycles. The number of rotatable bonds is 9. The van der Waals surface area contributed by atoms with Gasteiger partial charge in [-0.2, -0.15) is 9.78 Å². The summed E-state index contributed by atoms with van der Waals surface area (Å²) in [5.41, 5.74) is 1.51. The van der Waals surface area contributed by atoms with Crippen molar-refractivity contribution >= 4 is 27.6 Å². The molecule has 1 heterocycles. The van der Waals surface area contributed by atoms with Crippen molar-refractivity contribution < 1.29 is 32.2 Å². The number of benzene rings is 3. The lowest BCUT2D eigenvalue weighted by atomic mass is 10.1. The molecule has 0 unspecified atom stereocenters. The summed E-state index contributed by atoms with van der Waals surface area (Å²) in [6.45, 7) is 3.26. The smallest absolute Gasteiger partial charge is 0.356 e. The molecule has 1 fully saturated rings. The van der Waals surface area contributed by atoms with Gasteiger partial charge in [-0.05, 0) is 80.8 Å². The number of sulfonamides is 1. The second-order valence-corrected chi connectivity index (χ2v) is 11.1. The quantitative estimate of drug-likeness (QED) is 0.265. The Morgan fingerprint density at radius 2 is 1.75 bits per heavy atom. The molecule has 40 heavy (non-hydrogen) atoms. The number of carbonyl (C=O) groups is 2. The zero-order valence-electron chi connectivity index (χ0n) is 21.5. The molecule has 5 rings (SSSR count). The Balaban J connectivity index is 1.57. The van der Waals surface area contributed by atoms with Gasteiger partial charge in [0.1, 0.15) is 16.5 Å². The highest BCUT2D eigenvalue weighted by Gasteiger charge is 2.31. The fourth-order valence-corrected chi connectivity index (χ4v) is 5.51. The van der Waals surface area contributed by atoms with Gasteiger partial charge in [0.15, 0.2) is 5.69 Å². The van der Waals surface area contributed by atoms with Crippen molar-refractivity contribution in [2.24, 2.45) is 0 Å². The molecule has 0 bridgehead atoms. The van der Waals surface area contributed by atoms with Gasteiger partial charge in [0.25, 0.3) is 5.91 Å². The van der Waals surface area contributed by atoms with Crippen LogP contribution in [0.4, 0.5) is 10.1 Å². The van der Waals surface area contributed by atoms with Crippen molar-refractivity contribution in [3.63, 3.8) is 0 Å². The Hall–Kier alpha value is -4.55. The third-order valence-corrected chi connectivity index (χ3v) is 7.87. The SMILES string of the molecule is Cc1ccccc1C(=O)Nc1ccc(Oc2c(C)c(C(=O)O)nn2-c2ccc(F)cc2)c(S(=O)(=O)NC2CC2)c1. The summed E-state index contributed by atoms with van der Waals surface area (Å²) in [7, 11) is -4.11. The molecule has 0 atom stereocenters. The van der Waals surface area contributed by atoms with Crippen LogP contribution in [0.2, 0.25) is 0 Å². The summed E-state index contributed by atoms with van der Waals surface area (Å²) in [6.07, 6.45) is 1.38. The molecule has 10 nitrogen and oxygen atoms in total. The van der Waals surface area contributed by atoms with E-state index < -0.39 is 27.7 Å². The third kappa shape index (κ3) is 5.58. The predicted molar refractivity (Wildman–Crippen MR) is 144 cm³/mol. The average molecular weight is 565 g/mol. The Kier molecular flexibility index (Phi) is 7.13. The Labute approximate surface area is 229 Å². The first-order valence-corrected chi connectivity index (χ1v) is 13.8. The molecule has 4 aromatic rings. The van der Waals surface area contributed by atoms with Crippen LogP contribution in [0.15, 0.2) is 71.6 Å². The van der Waals surface area contributed by atoms with Gasteiger partial charge in [0.05, 0.1) is 5.69 Å². The number of aryl methyl sites for hydroxylation is 1. The van der Waals surface area contributed by atoms with Crippen LogP contribution in [0.25, 0.3) is 5.69 Å². The largest absolute Gasteiger partial charge is 0.476 e. The number of carbonyl (C=O) groups excluding carboxylic acids is 1. The maximum Gasteiger partial charge on any atom is 0.356 e. The number of amides is 1. The number of halogens is 1. The number of aromatic carboxylic acids is 1. The molecule has 0 saturated heterocycles. The molecule has 1 amide bonds. The third-order valence-electron chi connectivity index (χ3n) is 6.33. The van der Waals surface area contributed by atoms with Crippen LogP contribution in [0, 0.1) is 19.7 Å². The van der Waals surface area contributed by atoms with Gasteiger partial charge in [-0.1, -0.05) is 18.2 Å². The van der Waals surface area contributed by atoms with E-state index in [1.165, 1.54) is 49.4 Å². The van der Waals surface area contributed by atoms with E-state index in [0.29, 0.717) is 24.1 Å². The highest BCUT2D eigenvalue weighted by Crippen LogP contribution is 2.36. The van der Waals surface area contributed by atoms with Crippen molar-refractivity contribution in [1.29, 1.82) is 0 Å². The summed E-state index contributed by atoms with van der Waals surface area (Å²) >= 11 is 0. The summed E-state index contributed by atoms with van der Waals surface area (Å²) in [5, 5.41) is 16.5. The van der Waals surface area contributed by atoms with Gasteiger partial charge in [0.2, 0.25) is 15.9 Å². The minimum atomic E-state index is -4.11. The molecule has 12 heteroatoms. The Morgan fingerprint density at radius 3 is 2.40 bits per heavy atom. The standard InChI is InChI=1S/C28H25FN4O6S/c1-16-5-3-4-6-22(16)26(34)30-20-11-14-23(24(15-20)40(37,38)32-19-9-10-19)39-27-17(2)25(28(35)36)31-33(27)21-12-7-18(29)8-13-21/h3-8,11-15,19,32H,9-10H2,1-2H3,(H,30,34)(H,35,36). The van der Waals surface area contributed by atoms with E-state index in [1.807, 2.05) is 0 Å². The fourth-order valence-electron chi connectivity index (χ4n) is 4.06. The van der Waals surface area contributed by atoms with Crippen LogP contribution in [-0.4, -0.2) is 41.2 Å². The zero-order valence-corrected chi connectivity index (χ0v) is 22.3. The molecule has 1 aliphatic rings. The minimum absolute atomic E-state index is 0.0661. The van der Waals surface area contributed by atoms with Crippen LogP contribution in [0.1, 0.15) is 44.8 Å². The van der Waals surface area contributed by atoms with Crippen LogP contribution in [0.3, 0.4) is 0 Å². The van der Waals surface area contributed by atoms with E-state index in [2.05, 4.69) is 15.1 Å². The molecule has 0 aliphatic heterocycles. The van der Waals surface area contributed by atoms with E-state index in [4.69, 9.17) is 4.74 Å². The molecular weight excluding hydrogens is 539 g/mol. The summed E-state index contributed by atoms with van der Waals surface area (Å²) < 4.78 is 50.1. The van der Waals surface area contributed by atoms with Gasteiger partial charge >= 0.3 is 5.97 Å². The number of hydrogen-bond acceptors (Lipinski definition) is 6. The lowest BCUT2D eigenvalue weighted by Crippen LogP contribution is -2.26. The van der Waals surface area contributed by atoms with E-state index in [0.717, 1.165) is 10.2 Å². The highest BCUT2D eigenvalue weighted by molar-refractivity contribution is 7.89. The van der Waals surface area contributed by atoms with E-state index in [9.17, 15) is 27.5 Å². The number of anilines is 1. The maximum absolute atomic E-state index is 13.6. The number of carboxylic acids is 1. The lowest BCUT2D eigenvalue weighted by molar-refractivity contribution is 0.0689. The topological polar surface area (TPSA) is 140 Å². The van der Waals surface area contributed by atoms with Crippen LogP contribution in [-0.2, 0) is 10.0 Å². The van der Waals surface area contributed by atoms with Crippen molar-refractivity contribution in [3.8, 4) is 17.3 Å². The molecule has 206 valence electrons. The first kappa shape index (κ1) is 27.0. The van der Waals surface area contributed by atoms with Crippen molar-refractivity contribution in [3.05, 3.63) is 94.9 Å². The normalized spacial score (nSPS) is 13.2. The summed E-state index contributed by atoms with van der Waals surface area (Å²) in [4.78, 5) is 24.5. The van der Waals surface area contributed by atoms with E-state index in [-0.39, 0.29) is 39.5 Å². The van der Waals surface area contributed by atoms with Crippen molar-refractivity contribution in [1.82, 2.24) is 14.5 Å². The number of hydrogen-bond donors (Lipinski definition) is 3. The first-order chi connectivity index (χ1) is 19.0. The van der Waals surface area contributed by atoms with Gasteiger partial charge in [-0.3, -0.25) is 4.79 Å². The minimum Gasteiger partial charge on any atom is -0.476 e. The molecule has 1 aromatic heterocycles. The number of ether oxygens (including phenoxy) is 1. The predicted octanol–water partition coefficient (Wildman–Crippen LogP) is 4.81. The monoisotopic (exact) mass is 564 g/mol. The van der Waals surface area contributed by atoms with Gasteiger partial charge in [-0.25, -0.2) is 22.3 Å². The van der Waals surface area contributed by atoms with Crippen molar-refractivity contribution in [2.45, 2.75) is 37.6 Å². The first-order valence-electron chi connectivity index (χ1n) is 12.3. The lowest BCUT2D eigenvalue weighted by Gasteiger charge is -2.16. The van der Waals surface area contributed by atoms with E-state index in [1.54, 1.807) is 31.2 Å². The van der Waals surface area contributed by atoms with E-state index >= 15 is 0 Å². The second kappa shape index (κ2) is 10.5. The number of nitrogens with zero attached hydrogens (tertiary/aromatic N) is 2. The number of nitrogens with one attached hydrogen (secondary N) is 2. The van der Waals surface area contributed by atoms with Crippen molar-refractivity contribution in [2.75, 3.05) is 5.32 Å². The average Bonchev–Trinajstić information content (AvgIpc) is 3.66. The molecule has 0 radical (unpaired) electrons. The summed E-state index contributed by atoms with van der Waals surface area (Å²) in [6, 6.07) is 16.0. The van der Waals surface area contributed by atoms with Gasteiger partial charge in [-0.15, -0.1) is 0 Å². The van der Waals surface area contributed by atoms with Gasteiger partial charge < -0.3 is 15.2 Å². The number of carboxylic acid groups (broad SMARTS) is 1. The van der Waals surface area contributed by atoms with Crippen LogP contribution >= 0.6 is 0 Å². The maximum atomic E-state index is 13.6. The zero-order chi connectivity index (χ0) is 28.6.